The van der Waals surface area contributed by atoms with Crippen LogP contribution in [-0.4, -0.2) is 66.7 Å². The van der Waals surface area contributed by atoms with Crippen LogP contribution in [0.5, 0.6) is 0 Å². The van der Waals surface area contributed by atoms with Crippen molar-refractivity contribution in [2.24, 2.45) is 0 Å². The summed E-state index contributed by atoms with van der Waals surface area (Å²) in [5, 5.41) is 41.0. The van der Waals surface area contributed by atoms with Gasteiger partial charge in [0.1, 0.15) is 36.0 Å². The fourth-order valence-corrected chi connectivity index (χ4v) is 3.91. The number of benzene rings is 1. The highest BCUT2D eigenvalue weighted by Crippen LogP contribution is 2.31. The number of hydrogen-bond acceptors (Lipinski definition) is 8. The molecule has 3 aromatic rings. The molecule has 9 heteroatoms. The van der Waals surface area contributed by atoms with E-state index in [0.717, 1.165) is 21.1 Å². The van der Waals surface area contributed by atoms with Gasteiger partial charge in [0.2, 0.25) is 0 Å². The van der Waals surface area contributed by atoms with E-state index in [2.05, 4.69) is 4.37 Å². The molecule has 0 amide bonds. The molecular formula is C16H18N2O6S. The molecule has 0 bridgehead atoms. The quantitative estimate of drug-likeness (QED) is 0.514. The molecule has 0 radical (unpaired) electrons. The molecule has 1 aromatic carbocycles. The Hall–Kier alpha value is -1.59. The number of ether oxygens (including phenoxy) is 2. The third-order valence-electron chi connectivity index (χ3n) is 4.50. The zero-order valence-corrected chi connectivity index (χ0v) is 13.9. The number of hydrogen-bond donors (Lipinski definition) is 4. The number of aliphatic hydroxyl groups excluding tert-OH is 4. The summed E-state index contributed by atoms with van der Waals surface area (Å²) in [6, 6.07) is 7.82. The van der Waals surface area contributed by atoms with E-state index in [9.17, 15) is 20.4 Å². The molecule has 3 heterocycles. The highest BCUT2D eigenvalue weighted by molar-refractivity contribution is 7.13. The van der Waals surface area contributed by atoms with E-state index in [1.165, 1.54) is 11.5 Å². The summed E-state index contributed by atoms with van der Waals surface area (Å²) in [5.41, 5.74) is 0.954. The van der Waals surface area contributed by atoms with Crippen LogP contribution in [0.4, 0.5) is 0 Å². The first-order valence-corrected chi connectivity index (χ1v) is 8.63. The van der Waals surface area contributed by atoms with E-state index in [0.29, 0.717) is 0 Å². The smallest absolute Gasteiger partial charge is 0.188 e. The summed E-state index contributed by atoms with van der Waals surface area (Å²) in [6.07, 6.45) is -4.64. The van der Waals surface area contributed by atoms with Gasteiger partial charge in [0.15, 0.2) is 6.29 Å². The molecule has 4 rings (SSSR count). The molecular weight excluding hydrogens is 348 g/mol. The maximum absolute atomic E-state index is 10.1. The Morgan fingerprint density at radius 3 is 2.72 bits per heavy atom. The van der Waals surface area contributed by atoms with Crippen LogP contribution in [0.1, 0.15) is 0 Å². The van der Waals surface area contributed by atoms with E-state index < -0.39 is 37.3 Å². The monoisotopic (exact) mass is 366 g/mol. The predicted octanol–water partition coefficient (Wildman–Crippen LogP) is 0.0250. The van der Waals surface area contributed by atoms with Crippen molar-refractivity contribution in [1.82, 2.24) is 8.94 Å². The third kappa shape index (κ3) is 2.74. The molecule has 5 atom stereocenters. The van der Waals surface area contributed by atoms with Crippen molar-refractivity contribution in [3.63, 3.8) is 0 Å². The highest BCUT2D eigenvalue weighted by Gasteiger charge is 2.44. The summed E-state index contributed by atoms with van der Waals surface area (Å²) in [5.74, 6) is 0. The average Bonchev–Trinajstić information content (AvgIpc) is 3.21. The first kappa shape index (κ1) is 16.9. The first-order chi connectivity index (χ1) is 12.1. The Kier molecular flexibility index (Phi) is 4.46. The Labute approximate surface area is 146 Å². The SMILES string of the molecule is OC[C@H]1O[C@@H](OCn2c3ccccc3c3cnsc32)[C@H](O)[C@@H](O)[C@@H]1O. The molecule has 0 unspecified atom stereocenters. The van der Waals surface area contributed by atoms with Crippen LogP contribution < -0.4 is 0 Å². The van der Waals surface area contributed by atoms with Gasteiger partial charge in [-0.25, -0.2) is 0 Å². The number of nitrogens with zero attached hydrogens (tertiary/aromatic N) is 2. The van der Waals surface area contributed by atoms with E-state index in [4.69, 9.17) is 9.47 Å². The van der Waals surface area contributed by atoms with Crippen molar-refractivity contribution in [3.8, 4) is 0 Å². The largest absolute Gasteiger partial charge is 0.394 e. The second kappa shape index (κ2) is 6.61. The summed E-state index contributed by atoms with van der Waals surface area (Å²) >= 11 is 1.33. The fraction of sp³-hybridized carbons (Fsp3) is 0.438. The fourth-order valence-electron chi connectivity index (χ4n) is 3.14. The zero-order chi connectivity index (χ0) is 17.6. The van der Waals surface area contributed by atoms with Gasteiger partial charge in [0, 0.05) is 10.8 Å². The van der Waals surface area contributed by atoms with Gasteiger partial charge in [-0.2, -0.15) is 4.37 Å². The zero-order valence-electron chi connectivity index (χ0n) is 13.1. The molecule has 134 valence electrons. The molecule has 4 N–H and O–H groups in total. The Morgan fingerprint density at radius 1 is 1.12 bits per heavy atom. The number of para-hydroxylation sites is 1. The van der Waals surface area contributed by atoms with Gasteiger partial charge in [-0.3, -0.25) is 0 Å². The van der Waals surface area contributed by atoms with Crippen LogP contribution in [0, 0.1) is 0 Å². The molecule has 8 nitrogen and oxygen atoms in total. The second-order valence-corrected chi connectivity index (χ2v) is 6.76. The topological polar surface area (TPSA) is 117 Å². The van der Waals surface area contributed by atoms with Crippen LogP contribution in [0.2, 0.25) is 0 Å². The minimum absolute atomic E-state index is 0.0644. The molecule has 0 aliphatic carbocycles. The van der Waals surface area contributed by atoms with Crippen molar-refractivity contribution in [3.05, 3.63) is 30.5 Å². The van der Waals surface area contributed by atoms with Crippen LogP contribution in [-0.2, 0) is 16.2 Å². The summed E-state index contributed by atoms with van der Waals surface area (Å²) in [7, 11) is 0. The molecule has 1 saturated heterocycles. The maximum Gasteiger partial charge on any atom is 0.188 e. The van der Waals surface area contributed by atoms with E-state index >= 15 is 0 Å². The van der Waals surface area contributed by atoms with Crippen LogP contribution in [0.25, 0.3) is 21.1 Å². The second-order valence-electron chi connectivity index (χ2n) is 5.98. The normalized spacial score (nSPS) is 30.3. The standard InChI is InChI=1S/C16H18N2O6S/c19-6-11-12(20)13(21)14(22)16(24-11)23-7-18-10-4-2-1-3-8(10)9-5-17-25-15(9)18/h1-5,11-14,16,19-22H,6-7H2/t11-,12-,13+,14-,16-/m1/s1. The van der Waals surface area contributed by atoms with Gasteiger partial charge in [-0.05, 0) is 17.6 Å². The lowest BCUT2D eigenvalue weighted by Crippen LogP contribution is -2.59. The van der Waals surface area contributed by atoms with Gasteiger partial charge in [-0.1, -0.05) is 18.2 Å². The lowest BCUT2D eigenvalue weighted by molar-refractivity contribution is -0.308. The van der Waals surface area contributed by atoms with Crippen molar-refractivity contribution < 1.29 is 29.9 Å². The van der Waals surface area contributed by atoms with Crippen LogP contribution >= 0.6 is 11.5 Å². The molecule has 0 spiro atoms. The molecule has 2 aromatic heterocycles. The Bertz CT molecular complexity index is 878. The number of fused-ring (bicyclic) bond motifs is 3. The van der Waals surface area contributed by atoms with Crippen molar-refractivity contribution >= 4 is 32.7 Å². The maximum atomic E-state index is 10.1. The highest BCUT2D eigenvalue weighted by atomic mass is 32.1. The van der Waals surface area contributed by atoms with Crippen LogP contribution in [0.15, 0.2) is 30.5 Å². The summed E-state index contributed by atoms with van der Waals surface area (Å²) in [6.45, 7) is -0.425. The van der Waals surface area contributed by atoms with Crippen molar-refractivity contribution in [2.45, 2.75) is 37.4 Å². The number of aromatic nitrogens is 2. The van der Waals surface area contributed by atoms with Gasteiger partial charge in [0.05, 0.1) is 18.3 Å². The molecule has 1 aliphatic rings. The molecule has 1 fully saturated rings. The van der Waals surface area contributed by atoms with E-state index in [1.54, 1.807) is 6.20 Å². The molecule has 1 aliphatic heterocycles. The van der Waals surface area contributed by atoms with Gasteiger partial charge in [-0.15, -0.1) is 0 Å². The average molecular weight is 366 g/mol. The van der Waals surface area contributed by atoms with Gasteiger partial charge >= 0.3 is 0 Å². The lowest BCUT2D eigenvalue weighted by Gasteiger charge is -2.39. The van der Waals surface area contributed by atoms with Gasteiger partial charge < -0.3 is 34.5 Å². The lowest BCUT2D eigenvalue weighted by atomic mass is 9.99. The van der Waals surface area contributed by atoms with Crippen molar-refractivity contribution in [1.29, 1.82) is 0 Å². The Morgan fingerprint density at radius 2 is 1.92 bits per heavy atom. The number of rotatable bonds is 4. The summed E-state index contributed by atoms with van der Waals surface area (Å²) in [4.78, 5) is 0.922. The first-order valence-electron chi connectivity index (χ1n) is 7.85. The third-order valence-corrected chi connectivity index (χ3v) is 5.32. The predicted molar refractivity (Wildman–Crippen MR) is 90.0 cm³/mol. The van der Waals surface area contributed by atoms with E-state index in [-0.39, 0.29) is 6.73 Å². The minimum Gasteiger partial charge on any atom is -0.394 e. The number of aliphatic hydroxyl groups is 4. The van der Waals surface area contributed by atoms with Crippen LogP contribution in [0.3, 0.4) is 0 Å². The Balaban J connectivity index is 1.60. The van der Waals surface area contributed by atoms with Gasteiger partial charge in [0.25, 0.3) is 0 Å². The summed E-state index contributed by atoms with van der Waals surface area (Å²) < 4.78 is 17.2. The molecule has 25 heavy (non-hydrogen) atoms. The minimum atomic E-state index is -1.46. The van der Waals surface area contributed by atoms with Crippen molar-refractivity contribution in [2.75, 3.05) is 6.61 Å². The van der Waals surface area contributed by atoms with E-state index in [1.807, 2.05) is 28.8 Å². The molecule has 0 saturated carbocycles.